The summed E-state index contributed by atoms with van der Waals surface area (Å²) in [7, 11) is 2.19. The lowest BCUT2D eigenvalue weighted by atomic mass is 10.0. The number of hydrogen-bond acceptors (Lipinski definition) is 3. The highest BCUT2D eigenvalue weighted by Gasteiger charge is 2.23. The minimum absolute atomic E-state index is 0.629. The summed E-state index contributed by atoms with van der Waals surface area (Å²) in [6.07, 6.45) is 4.46. The Kier molecular flexibility index (Phi) is 5.22. The molecule has 19 heavy (non-hydrogen) atoms. The first-order chi connectivity index (χ1) is 9.15. The summed E-state index contributed by atoms with van der Waals surface area (Å²) >= 11 is 3.49. The van der Waals surface area contributed by atoms with E-state index in [1.807, 2.05) is 6.20 Å². The molecule has 0 atom stereocenters. The van der Waals surface area contributed by atoms with E-state index in [9.17, 15) is 0 Å². The molecule has 0 radical (unpaired) electrons. The van der Waals surface area contributed by atoms with Crippen LogP contribution in [0.2, 0.25) is 0 Å². The number of pyridine rings is 1. The number of anilines is 1. The molecule has 1 saturated heterocycles. The molecular weight excluding hydrogens is 302 g/mol. The Labute approximate surface area is 125 Å². The standard InChI is InChI=1S/C15H24BrN3/c1-4-19-7-5-14(6-8-19)18(3)15-12(2)9-13(10-16)11-17-15/h9,11,14H,4-8,10H2,1-3H3. The van der Waals surface area contributed by atoms with E-state index in [-0.39, 0.29) is 0 Å². The van der Waals surface area contributed by atoms with E-state index >= 15 is 0 Å². The predicted octanol–water partition coefficient (Wildman–Crippen LogP) is 3.21. The van der Waals surface area contributed by atoms with E-state index in [0.717, 1.165) is 11.1 Å². The SMILES string of the molecule is CCN1CCC(N(C)c2ncc(CBr)cc2C)CC1. The Hall–Kier alpha value is -0.610. The molecule has 0 N–H and O–H groups in total. The molecule has 0 aliphatic carbocycles. The van der Waals surface area contributed by atoms with Crippen molar-refractivity contribution in [3.05, 3.63) is 23.4 Å². The maximum atomic E-state index is 4.65. The van der Waals surface area contributed by atoms with E-state index in [2.05, 4.69) is 57.7 Å². The molecule has 1 fully saturated rings. The fourth-order valence-electron chi connectivity index (χ4n) is 2.86. The lowest BCUT2D eigenvalue weighted by Gasteiger charge is -2.37. The Morgan fingerprint density at radius 1 is 1.42 bits per heavy atom. The molecule has 0 aromatic carbocycles. The van der Waals surface area contributed by atoms with Crippen LogP contribution in [0.15, 0.2) is 12.3 Å². The van der Waals surface area contributed by atoms with Crippen molar-refractivity contribution >= 4 is 21.7 Å². The first-order valence-corrected chi connectivity index (χ1v) is 8.24. The number of aromatic nitrogens is 1. The zero-order valence-corrected chi connectivity index (χ0v) is 13.8. The molecule has 106 valence electrons. The molecule has 1 aliphatic rings. The van der Waals surface area contributed by atoms with Crippen LogP contribution in [0.25, 0.3) is 0 Å². The molecular formula is C15H24BrN3. The quantitative estimate of drug-likeness (QED) is 0.792. The van der Waals surface area contributed by atoms with Gasteiger partial charge in [0.25, 0.3) is 0 Å². The first kappa shape index (κ1) is 14.8. The number of halogens is 1. The average molecular weight is 326 g/mol. The minimum atomic E-state index is 0.629. The number of rotatable bonds is 4. The van der Waals surface area contributed by atoms with Crippen molar-refractivity contribution < 1.29 is 0 Å². The highest BCUT2D eigenvalue weighted by molar-refractivity contribution is 9.08. The molecule has 0 amide bonds. The molecule has 3 nitrogen and oxygen atoms in total. The third kappa shape index (κ3) is 3.48. The zero-order valence-electron chi connectivity index (χ0n) is 12.2. The summed E-state index contributed by atoms with van der Waals surface area (Å²) in [5.74, 6) is 1.14. The Bertz CT molecular complexity index is 414. The van der Waals surface area contributed by atoms with Gasteiger partial charge in [0, 0.05) is 37.7 Å². The van der Waals surface area contributed by atoms with Gasteiger partial charge in [-0.2, -0.15) is 0 Å². The summed E-state index contributed by atoms with van der Waals surface area (Å²) in [5, 5.41) is 0.875. The van der Waals surface area contributed by atoms with E-state index in [0.29, 0.717) is 6.04 Å². The van der Waals surface area contributed by atoms with Gasteiger partial charge in [0.1, 0.15) is 5.82 Å². The van der Waals surface area contributed by atoms with Crippen LogP contribution in [0.5, 0.6) is 0 Å². The molecule has 0 unspecified atom stereocenters. The second-order valence-corrected chi connectivity index (χ2v) is 5.95. The summed E-state index contributed by atoms with van der Waals surface area (Å²) in [5.41, 5.74) is 2.52. The molecule has 1 aromatic rings. The molecule has 2 rings (SSSR count). The third-order valence-corrected chi connectivity index (χ3v) is 4.80. The number of aryl methyl sites for hydroxylation is 1. The topological polar surface area (TPSA) is 19.4 Å². The van der Waals surface area contributed by atoms with E-state index < -0.39 is 0 Å². The fraction of sp³-hybridized carbons (Fsp3) is 0.667. The van der Waals surface area contributed by atoms with Crippen LogP contribution in [0.4, 0.5) is 5.82 Å². The molecule has 1 aliphatic heterocycles. The van der Waals surface area contributed by atoms with Crippen molar-refractivity contribution in [2.24, 2.45) is 0 Å². The first-order valence-electron chi connectivity index (χ1n) is 7.12. The van der Waals surface area contributed by atoms with Gasteiger partial charge in [0.2, 0.25) is 0 Å². The van der Waals surface area contributed by atoms with Crippen molar-refractivity contribution in [2.75, 3.05) is 31.6 Å². The van der Waals surface area contributed by atoms with Crippen LogP contribution in [-0.2, 0) is 5.33 Å². The highest BCUT2D eigenvalue weighted by Crippen LogP contribution is 2.24. The second-order valence-electron chi connectivity index (χ2n) is 5.39. The molecule has 0 spiro atoms. The van der Waals surface area contributed by atoms with Gasteiger partial charge in [-0.15, -0.1) is 0 Å². The van der Waals surface area contributed by atoms with E-state index in [4.69, 9.17) is 0 Å². The molecule has 2 heterocycles. The molecule has 0 bridgehead atoms. The normalized spacial score (nSPS) is 17.7. The monoisotopic (exact) mass is 325 g/mol. The van der Waals surface area contributed by atoms with Crippen molar-refractivity contribution in [1.29, 1.82) is 0 Å². The summed E-state index contributed by atoms with van der Waals surface area (Å²) in [4.78, 5) is 9.55. The van der Waals surface area contributed by atoms with Gasteiger partial charge in [-0.3, -0.25) is 0 Å². The number of hydrogen-bond donors (Lipinski definition) is 0. The highest BCUT2D eigenvalue weighted by atomic mass is 79.9. The second kappa shape index (κ2) is 6.71. The van der Waals surface area contributed by atoms with E-state index in [1.54, 1.807) is 0 Å². The number of alkyl halides is 1. The molecule has 0 saturated carbocycles. The van der Waals surface area contributed by atoms with Crippen molar-refractivity contribution in [3.8, 4) is 0 Å². The molecule has 4 heteroatoms. The zero-order chi connectivity index (χ0) is 13.8. The number of likely N-dealkylation sites (tertiary alicyclic amines) is 1. The van der Waals surface area contributed by atoms with Crippen LogP contribution in [0.1, 0.15) is 30.9 Å². The lowest BCUT2D eigenvalue weighted by Crippen LogP contribution is -2.43. The van der Waals surface area contributed by atoms with Gasteiger partial charge in [0.15, 0.2) is 0 Å². The van der Waals surface area contributed by atoms with Crippen LogP contribution in [-0.4, -0.2) is 42.6 Å². The summed E-state index contributed by atoms with van der Waals surface area (Å²) in [6, 6.07) is 2.86. The predicted molar refractivity (Wildman–Crippen MR) is 85.1 cm³/mol. The molecule has 1 aromatic heterocycles. The van der Waals surface area contributed by atoms with Crippen LogP contribution in [0.3, 0.4) is 0 Å². The third-order valence-electron chi connectivity index (χ3n) is 4.15. The minimum Gasteiger partial charge on any atom is -0.356 e. The fourth-order valence-corrected chi connectivity index (χ4v) is 3.17. The van der Waals surface area contributed by atoms with Crippen molar-refractivity contribution in [3.63, 3.8) is 0 Å². The van der Waals surface area contributed by atoms with Gasteiger partial charge in [-0.1, -0.05) is 28.9 Å². The Balaban J connectivity index is 2.05. The van der Waals surface area contributed by atoms with E-state index in [1.165, 1.54) is 43.6 Å². The Morgan fingerprint density at radius 2 is 2.11 bits per heavy atom. The van der Waals surface area contributed by atoms with Crippen molar-refractivity contribution in [2.45, 2.75) is 38.1 Å². The maximum absolute atomic E-state index is 4.65. The lowest BCUT2D eigenvalue weighted by molar-refractivity contribution is 0.220. The van der Waals surface area contributed by atoms with Gasteiger partial charge in [-0.25, -0.2) is 4.98 Å². The largest absolute Gasteiger partial charge is 0.356 e. The number of piperidine rings is 1. The average Bonchev–Trinajstić information content (AvgIpc) is 2.46. The van der Waals surface area contributed by atoms with Gasteiger partial charge in [-0.05, 0) is 37.4 Å². The van der Waals surface area contributed by atoms with Crippen LogP contribution in [0, 0.1) is 6.92 Å². The van der Waals surface area contributed by atoms with Gasteiger partial charge in [0.05, 0.1) is 0 Å². The Morgan fingerprint density at radius 3 is 2.63 bits per heavy atom. The number of nitrogens with zero attached hydrogens (tertiary/aromatic N) is 3. The van der Waals surface area contributed by atoms with Gasteiger partial charge < -0.3 is 9.80 Å². The van der Waals surface area contributed by atoms with Crippen LogP contribution >= 0.6 is 15.9 Å². The summed E-state index contributed by atoms with van der Waals surface area (Å²) in [6.45, 7) is 8.00. The smallest absolute Gasteiger partial charge is 0.131 e. The summed E-state index contributed by atoms with van der Waals surface area (Å²) < 4.78 is 0. The van der Waals surface area contributed by atoms with Crippen molar-refractivity contribution in [1.82, 2.24) is 9.88 Å². The van der Waals surface area contributed by atoms with Gasteiger partial charge >= 0.3 is 0 Å². The van der Waals surface area contributed by atoms with Crippen LogP contribution < -0.4 is 4.90 Å². The maximum Gasteiger partial charge on any atom is 0.131 e.